The van der Waals surface area contributed by atoms with Gasteiger partial charge in [-0.3, -0.25) is 4.79 Å². The molecule has 0 saturated carbocycles. The van der Waals surface area contributed by atoms with Gasteiger partial charge in [-0.25, -0.2) is 4.98 Å². The van der Waals surface area contributed by atoms with Crippen molar-refractivity contribution < 1.29 is 4.79 Å². The molecular formula is C22H30N6O. The first-order chi connectivity index (χ1) is 14.1. The molecule has 2 aliphatic heterocycles. The van der Waals surface area contributed by atoms with E-state index in [-0.39, 0.29) is 11.8 Å². The fourth-order valence-electron chi connectivity index (χ4n) is 4.34. The highest BCUT2D eigenvalue weighted by molar-refractivity contribution is 5.82. The molecule has 29 heavy (non-hydrogen) atoms. The summed E-state index contributed by atoms with van der Waals surface area (Å²) in [6, 6.07) is 1.95. The number of fused-ring (bicyclic) bond motifs is 2. The Hall–Kier alpha value is -2.59. The number of rotatable bonds is 6. The molecule has 0 aliphatic carbocycles. The zero-order valence-corrected chi connectivity index (χ0v) is 17.4. The molecule has 154 valence electrons. The minimum Gasteiger partial charge on any atom is -0.354 e. The van der Waals surface area contributed by atoms with Gasteiger partial charge in [0.2, 0.25) is 5.91 Å². The van der Waals surface area contributed by atoms with Gasteiger partial charge in [0.15, 0.2) is 5.65 Å². The molecule has 0 atom stereocenters. The van der Waals surface area contributed by atoms with Gasteiger partial charge in [-0.05, 0) is 18.9 Å². The van der Waals surface area contributed by atoms with Crippen LogP contribution >= 0.6 is 0 Å². The van der Waals surface area contributed by atoms with E-state index < -0.39 is 0 Å². The number of anilines is 1. The maximum atomic E-state index is 13.1. The summed E-state index contributed by atoms with van der Waals surface area (Å²) in [5.74, 6) is 4.45. The summed E-state index contributed by atoms with van der Waals surface area (Å²) in [6.07, 6.45) is 9.70. The Kier molecular flexibility index (Phi) is 5.72. The summed E-state index contributed by atoms with van der Waals surface area (Å²) >= 11 is 0. The van der Waals surface area contributed by atoms with Crippen molar-refractivity contribution in [3.8, 4) is 12.3 Å². The number of aromatic nitrogens is 3. The van der Waals surface area contributed by atoms with Crippen molar-refractivity contribution in [1.82, 2.24) is 24.8 Å². The average Bonchev–Trinajstić information content (AvgIpc) is 2.99. The molecule has 0 bridgehead atoms. The first-order valence-corrected chi connectivity index (χ1v) is 10.6. The number of nitrogens with one attached hydrogen (secondary N) is 1. The third-order valence-electron chi connectivity index (χ3n) is 5.74. The van der Waals surface area contributed by atoms with Crippen LogP contribution in [-0.4, -0.2) is 64.7 Å². The Morgan fingerprint density at radius 2 is 2.17 bits per heavy atom. The zero-order valence-electron chi connectivity index (χ0n) is 17.4. The fraction of sp³-hybridized carbons (Fsp3) is 0.591. The highest BCUT2D eigenvalue weighted by atomic mass is 16.2. The molecule has 2 aromatic rings. The predicted octanol–water partition coefficient (Wildman–Crippen LogP) is 1.36. The lowest BCUT2D eigenvalue weighted by Crippen LogP contribution is -2.56. The monoisotopic (exact) mass is 394 g/mol. The second-order valence-electron chi connectivity index (χ2n) is 8.45. The molecule has 7 nitrogen and oxygen atoms in total. The standard InChI is InChI=1S/C22H30N6O/c1-4-5-12-26(13-16(2)3)22(29)17-14-27(15-17)21-18-6-9-23-10-7-19(18)25-20-8-11-24-28(20)21/h1,8,11,16-17,23H,5-7,9-10,12-15H2,2-3H3. The number of carbonyl (C=O) groups is 1. The molecule has 7 heteroatoms. The Balaban J connectivity index is 1.54. The molecule has 1 amide bonds. The first-order valence-electron chi connectivity index (χ1n) is 10.6. The SMILES string of the molecule is C#CCCN(CC(C)C)C(=O)C1CN(c2c3c(nc4ccnn24)CCNCC3)C1. The van der Waals surface area contributed by atoms with Gasteiger partial charge < -0.3 is 15.1 Å². The van der Waals surface area contributed by atoms with Crippen molar-refractivity contribution >= 4 is 17.4 Å². The van der Waals surface area contributed by atoms with Crippen LogP contribution in [0.3, 0.4) is 0 Å². The molecule has 4 rings (SSSR count). The van der Waals surface area contributed by atoms with Gasteiger partial charge in [-0.1, -0.05) is 13.8 Å². The zero-order chi connectivity index (χ0) is 20.4. The largest absolute Gasteiger partial charge is 0.354 e. The lowest BCUT2D eigenvalue weighted by atomic mass is 9.96. The number of hydrogen-bond acceptors (Lipinski definition) is 5. The van der Waals surface area contributed by atoms with Gasteiger partial charge in [-0.15, -0.1) is 12.3 Å². The fourth-order valence-corrected chi connectivity index (χ4v) is 4.34. The molecule has 0 aromatic carbocycles. The quantitative estimate of drug-likeness (QED) is 0.750. The predicted molar refractivity (Wildman–Crippen MR) is 114 cm³/mol. The Morgan fingerprint density at radius 3 is 2.93 bits per heavy atom. The summed E-state index contributed by atoms with van der Waals surface area (Å²) in [4.78, 5) is 22.2. The minimum atomic E-state index is 0.0184. The Morgan fingerprint density at radius 1 is 1.38 bits per heavy atom. The van der Waals surface area contributed by atoms with E-state index in [0.29, 0.717) is 18.9 Å². The molecule has 0 unspecified atom stereocenters. The van der Waals surface area contributed by atoms with Crippen LogP contribution in [-0.2, 0) is 17.6 Å². The Labute approximate surface area is 172 Å². The second-order valence-corrected chi connectivity index (χ2v) is 8.45. The molecular weight excluding hydrogens is 364 g/mol. The van der Waals surface area contributed by atoms with Crippen LogP contribution in [0.1, 0.15) is 31.5 Å². The summed E-state index contributed by atoms with van der Waals surface area (Å²) < 4.78 is 1.94. The van der Waals surface area contributed by atoms with Crippen LogP contribution in [0.5, 0.6) is 0 Å². The van der Waals surface area contributed by atoms with Crippen LogP contribution in [0.15, 0.2) is 12.3 Å². The van der Waals surface area contributed by atoms with Crippen molar-refractivity contribution in [2.45, 2.75) is 33.1 Å². The van der Waals surface area contributed by atoms with Crippen LogP contribution < -0.4 is 10.2 Å². The normalized spacial score (nSPS) is 17.0. The number of carbonyl (C=O) groups excluding carboxylic acids is 1. The molecule has 0 radical (unpaired) electrons. The number of nitrogens with zero attached hydrogens (tertiary/aromatic N) is 5. The van der Waals surface area contributed by atoms with E-state index in [1.165, 1.54) is 5.56 Å². The van der Waals surface area contributed by atoms with Gasteiger partial charge in [0.1, 0.15) is 5.82 Å². The van der Waals surface area contributed by atoms with E-state index in [1.807, 2.05) is 15.5 Å². The minimum absolute atomic E-state index is 0.0184. The number of terminal acetylenes is 1. The van der Waals surface area contributed by atoms with Crippen LogP contribution in [0.25, 0.3) is 5.65 Å². The lowest BCUT2D eigenvalue weighted by molar-refractivity contribution is -0.136. The first kappa shape index (κ1) is 19.7. The van der Waals surface area contributed by atoms with Gasteiger partial charge in [0.25, 0.3) is 0 Å². The maximum Gasteiger partial charge on any atom is 0.229 e. The maximum absolute atomic E-state index is 13.1. The second kappa shape index (κ2) is 8.42. The average molecular weight is 395 g/mol. The third-order valence-corrected chi connectivity index (χ3v) is 5.74. The number of amides is 1. The van der Waals surface area contributed by atoms with E-state index in [2.05, 4.69) is 35.1 Å². The highest BCUT2D eigenvalue weighted by Gasteiger charge is 2.38. The van der Waals surface area contributed by atoms with Crippen molar-refractivity contribution in [2.75, 3.05) is 44.2 Å². The molecule has 1 N–H and O–H groups in total. The molecule has 1 fully saturated rings. The van der Waals surface area contributed by atoms with Crippen molar-refractivity contribution in [3.05, 3.63) is 23.5 Å². The van der Waals surface area contributed by atoms with Crippen LogP contribution in [0, 0.1) is 24.2 Å². The molecule has 0 spiro atoms. The summed E-state index contributed by atoms with van der Waals surface area (Å²) in [5, 5.41) is 7.98. The molecule has 2 aliphatic rings. The highest BCUT2D eigenvalue weighted by Crippen LogP contribution is 2.32. The summed E-state index contributed by atoms with van der Waals surface area (Å²) in [7, 11) is 0. The van der Waals surface area contributed by atoms with Crippen LogP contribution in [0.4, 0.5) is 5.82 Å². The van der Waals surface area contributed by atoms with E-state index >= 15 is 0 Å². The summed E-state index contributed by atoms with van der Waals surface area (Å²) in [6.45, 7) is 9.02. The molecule has 4 heterocycles. The van der Waals surface area contributed by atoms with E-state index in [4.69, 9.17) is 11.4 Å². The van der Waals surface area contributed by atoms with Crippen molar-refractivity contribution in [3.63, 3.8) is 0 Å². The molecule has 1 saturated heterocycles. The van der Waals surface area contributed by atoms with Crippen molar-refractivity contribution in [1.29, 1.82) is 0 Å². The third kappa shape index (κ3) is 3.95. The Bertz CT molecular complexity index is 921. The smallest absolute Gasteiger partial charge is 0.229 e. The molecule has 2 aromatic heterocycles. The van der Waals surface area contributed by atoms with Gasteiger partial charge in [0.05, 0.1) is 17.8 Å². The van der Waals surface area contributed by atoms with Gasteiger partial charge in [-0.2, -0.15) is 9.61 Å². The topological polar surface area (TPSA) is 65.8 Å². The van der Waals surface area contributed by atoms with Gasteiger partial charge >= 0.3 is 0 Å². The number of hydrogen-bond donors (Lipinski definition) is 1. The van der Waals surface area contributed by atoms with E-state index in [1.54, 1.807) is 6.20 Å². The van der Waals surface area contributed by atoms with E-state index in [9.17, 15) is 4.79 Å². The van der Waals surface area contributed by atoms with Crippen LogP contribution in [0.2, 0.25) is 0 Å². The van der Waals surface area contributed by atoms with E-state index in [0.717, 1.165) is 62.7 Å². The van der Waals surface area contributed by atoms with Crippen molar-refractivity contribution in [2.24, 2.45) is 11.8 Å². The summed E-state index contributed by atoms with van der Waals surface area (Å²) in [5.41, 5.74) is 3.30. The lowest BCUT2D eigenvalue weighted by Gasteiger charge is -2.43. The van der Waals surface area contributed by atoms with Gasteiger partial charge in [0, 0.05) is 57.2 Å².